The van der Waals surface area contributed by atoms with Gasteiger partial charge in [-0.3, -0.25) is 4.79 Å². The SMILES string of the molecule is C=CC1(C)CC2OC(=O)C(C)=C2CC1C(=C)COC(C)=O. The summed E-state index contributed by atoms with van der Waals surface area (Å²) in [6, 6.07) is 0. The Bertz CT molecular complexity index is 543. The number of esters is 2. The quantitative estimate of drug-likeness (QED) is 0.590. The molecule has 3 atom stereocenters. The van der Waals surface area contributed by atoms with Gasteiger partial charge >= 0.3 is 11.9 Å². The van der Waals surface area contributed by atoms with Crippen LogP contribution in [0.3, 0.4) is 0 Å². The van der Waals surface area contributed by atoms with Gasteiger partial charge < -0.3 is 9.47 Å². The number of fused-ring (bicyclic) bond motifs is 1. The van der Waals surface area contributed by atoms with Crippen LogP contribution in [0.4, 0.5) is 0 Å². The lowest BCUT2D eigenvalue weighted by molar-refractivity contribution is -0.142. The van der Waals surface area contributed by atoms with E-state index in [2.05, 4.69) is 20.1 Å². The lowest BCUT2D eigenvalue weighted by Crippen LogP contribution is -2.38. The first-order valence-electron chi connectivity index (χ1n) is 7.13. The molecule has 0 aromatic heterocycles. The molecule has 1 aliphatic heterocycles. The average molecular weight is 290 g/mol. The van der Waals surface area contributed by atoms with Crippen LogP contribution in [-0.4, -0.2) is 24.6 Å². The molecule has 1 aliphatic carbocycles. The molecule has 4 heteroatoms. The highest BCUT2D eigenvalue weighted by Crippen LogP contribution is 2.50. The second-order valence-electron chi connectivity index (χ2n) is 6.15. The highest BCUT2D eigenvalue weighted by molar-refractivity contribution is 5.91. The van der Waals surface area contributed by atoms with Crippen LogP contribution in [0.25, 0.3) is 0 Å². The number of carbonyl (C=O) groups excluding carboxylic acids is 2. The number of hydrogen-bond acceptors (Lipinski definition) is 4. The van der Waals surface area contributed by atoms with Crippen LogP contribution in [0, 0.1) is 11.3 Å². The summed E-state index contributed by atoms with van der Waals surface area (Å²) in [7, 11) is 0. The minimum absolute atomic E-state index is 0.0880. The Kier molecular flexibility index (Phi) is 4.08. The Morgan fingerprint density at radius 1 is 1.57 bits per heavy atom. The van der Waals surface area contributed by atoms with Crippen LogP contribution >= 0.6 is 0 Å². The monoisotopic (exact) mass is 290 g/mol. The summed E-state index contributed by atoms with van der Waals surface area (Å²) in [6.07, 6.45) is 3.14. The second kappa shape index (κ2) is 5.51. The zero-order chi connectivity index (χ0) is 15.8. The number of ether oxygens (including phenoxy) is 2. The highest BCUT2D eigenvalue weighted by atomic mass is 16.5. The first-order chi connectivity index (χ1) is 9.78. The third-order valence-electron chi connectivity index (χ3n) is 4.69. The lowest BCUT2D eigenvalue weighted by Gasteiger charge is -2.43. The molecule has 0 aromatic carbocycles. The van der Waals surface area contributed by atoms with Crippen molar-refractivity contribution in [1.82, 2.24) is 0 Å². The van der Waals surface area contributed by atoms with Gasteiger partial charge in [-0.15, -0.1) is 6.58 Å². The third kappa shape index (κ3) is 2.80. The van der Waals surface area contributed by atoms with E-state index in [0.717, 1.165) is 11.1 Å². The number of rotatable bonds is 4. The van der Waals surface area contributed by atoms with Gasteiger partial charge in [-0.2, -0.15) is 0 Å². The molecular weight excluding hydrogens is 268 g/mol. The molecule has 0 N–H and O–H groups in total. The summed E-state index contributed by atoms with van der Waals surface area (Å²) in [5.41, 5.74) is 2.38. The summed E-state index contributed by atoms with van der Waals surface area (Å²) in [4.78, 5) is 22.7. The summed E-state index contributed by atoms with van der Waals surface area (Å²) >= 11 is 0. The van der Waals surface area contributed by atoms with Crippen molar-refractivity contribution in [3.05, 3.63) is 36.0 Å². The van der Waals surface area contributed by atoms with E-state index in [1.54, 1.807) is 6.92 Å². The van der Waals surface area contributed by atoms with Gasteiger partial charge in [-0.25, -0.2) is 4.79 Å². The maximum atomic E-state index is 11.7. The van der Waals surface area contributed by atoms with E-state index in [0.29, 0.717) is 18.4 Å². The van der Waals surface area contributed by atoms with Gasteiger partial charge in [-0.1, -0.05) is 19.6 Å². The van der Waals surface area contributed by atoms with Gasteiger partial charge in [-0.05, 0) is 42.2 Å². The largest absolute Gasteiger partial charge is 0.461 e. The first kappa shape index (κ1) is 15.5. The van der Waals surface area contributed by atoms with Crippen molar-refractivity contribution in [2.45, 2.75) is 39.7 Å². The van der Waals surface area contributed by atoms with Crippen LogP contribution in [0.5, 0.6) is 0 Å². The average Bonchev–Trinajstić information content (AvgIpc) is 2.69. The normalized spacial score (nSPS) is 31.5. The van der Waals surface area contributed by atoms with Crippen LogP contribution < -0.4 is 0 Å². The molecule has 1 heterocycles. The van der Waals surface area contributed by atoms with Gasteiger partial charge in [0.05, 0.1) is 0 Å². The van der Waals surface area contributed by atoms with Crippen LogP contribution in [0.1, 0.15) is 33.6 Å². The molecule has 0 bridgehead atoms. The number of allylic oxidation sites excluding steroid dienone is 1. The minimum atomic E-state index is -0.320. The fourth-order valence-electron chi connectivity index (χ4n) is 3.24. The summed E-state index contributed by atoms with van der Waals surface area (Å²) < 4.78 is 10.5. The maximum Gasteiger partial charge on any atom is 0.334 e. The summed E-state index contributed by atoms with van der Waals surface area (Å²) in [6.45, 7) is 13.5. The molecule has 3 unspecified atom stereocenters. The van der Waals surface area contributed by atoms with E-state index >= 15 is 0 Å². The standard InChI is InChI=1S/C17H22O4/c1-6-17(5)8-15-13(11(3)16(19)21-15)7-14(17)10(2)9-20-12(4)18/h6,14-15H,1-2,7-9H2,3-5H3. The van der Waals surface area contributed by atoms with Gasteiger partial charge in [0.2, 0.25) is 0 Å². The van der Waals surface area contributed by atoms with Crippen molar-refractivity contribution >= 4 is 11.9 Å². The predicted molar refractivity (Wildman–Crippen MR) is 79.4 cm³/mol. The van der Waals surface area contributed by atoms with Gasteiger partial charge in [0, 0.05) is 12.5 Å². The van der Waals surface area contributed by atoms with Crippen LogP contribution in [0.15, 0.2) is 36.0 Å². The molecule has 2 rings (SSSR count). The number of hydrogen-bond donors (Lipinski definition) is 0. The fourth-order valence-corrected chi connectivity index (χ4v) is 3.24. The van der Waals surface area contributed by atoms with E-state index in [1.807, 2.05) is 6.08 Å². The van der Waals surface area contributed by atoms with E-state index in [4.69, 9.17) is 9.47 Å². The van der Waals surface area contributed by atoms with Crippen molar-refractivity contribution in [1.29, 1.82) is 0 Å². The Morgan fingerprint density at radius 2 is 2.24 bits per heavy atom. The Morgan fingerprint density at radius 3 is 2.81 bits per heavy atom. The van der Waals surface area contributed by atoms with E-state index in [1.165, 1.54) is 6.92 Å². The van der Waals surface area contributed by atoms with Crippen LogP contribution in [-0.2, 0) is 19.1 Å². The van der Waals surface area contributed by atoms with E-state index in [9.17, 15) is 9.59 Å². The topological polar surface area (TPSA) is 52.6 Å². The smallest absolute Gasteiger partial charge is 0.334 e. The molecule has 1 saturated carbocycles. The molecule has 1 fully saturated rings. The van der Waals surface area contributed by atoms with Gasteiger partial charge in [0.25, 0.3) is 0 Å². The van der Waals surface area contributed by atoms with Gasteiger partial charge in [0.15, 0.2) is 0 Å². The second-order valence-corrected chi connectivity index (χ2v) is 6.15. The maximum absolute atomic E-state index is 11.7. The molecular formula is C17H22O4. The molecule has 0 spiro atoms. The molecule has 4 nitrogen and oxygen atoms in total. The zero-order valence-corrected chi connectivity index (χ0v) is 12.9. The van der Waals surface area contributed by atoms with Crippen molar-refractivity contribution in [2.75, 3.05) is 6.61 Å². The zero-order valence-electron chi connectivity index (χ0n) is 12.9. The van der Waals surface area contributed by atoms with Crippen molar-refractivity contribution < 1.29 is 19.1 Å². The van der Waals surface area contributed by atoms with Crippen molar-refractivity contribution in [3.63, 3.8) is 0 Å². The molecule has 21 heavy (non-hydrogen) atoms. The number of carbonyl (C=O) groups is 2. The molecule has 114 valence electrons. The molecule has 2 aliphatic rings. The summed E-state index contributed by atoms with van der Waals surface area (Å²) in [5.74, 6) is -0.461. The Labute approximate surface area is 125 Å². The molecule has 0 aromatic rings. The van der Waals surface area contributed by atoms with E-state index in [-0.39, 0.29) is 36.0 Å². The molecule has 0 saturated heterocycles. The molecule has 0 amide bonds. The van der Waals surface area contributed by atoms with Crippen LogP contribution in [0.2, 0.25) is 0 Å². The minimum Gasteiger partial charge on any atom is -0.461 e. The lowest BCUT2D eigenvalue weighted by atomic mass is 9.62. The molecule has 0 radical (unpaired) electrons. The fraction of sp³-hybridized carbons (Fsp3) is 0.529. The van der Waals surface area contributed by atoms with Crippen molar-refractivity contribution in [2.24, 2.45) is 11.3 Å². The van der Waals surface area contributed by atoms with E-state index < -0.39 is 0 Å². The summed E-state index contributed by atoms with van der Waals surface area (Å²) in [5, 5.41) is 0. The highest BCUT2D eigenvalue weighted by Gasteiger charge is 2.46. The Balaban J connectivity index is 2.25. The Hall–Kier alpha value is -1.84. The first-order valence-corrected chi connectivity index (χ1v) is 7.13. The predicted octanol–water partition coefficient (Wildman–Crippen LogP) is 2.95. The van der Waals surface area contributed by atoms with Gasteiger partial charge in [0.1, 0.15) is 12.7 Å². The van der Waals surface area contributed by atoms with Crippen molar-refractivity contribution in [3.8, 4) is 0 Å². The third-order valence-corrected chi connectivity index (χ3v) is 4.69.